The molecule has 0 saturated carbocycles. The quantitative estimate of drug-likeness (QED) is 0.397. The maximum atomic E-state index is 11.7. The van der Waals surface area contributed by atoms with Gasteiger partial charge < -0.3 is 10.6 Å². The van der Waals surface area contributed by atoms with Crippen LogP contribution in [0.2, 0.25) is 10.0 Å². The van der Waals surface area contributed by atoms with E-state index >= 15 is 0 Å². The minimum atomic E-state index is -0.324. The summed E-state index contributed by atoms with van der Waals surface area (Å²) >= 11 is 19.3. The van der Waals surface area contributed by atoms with Crippen molar-refractivity contribution in [3.63, 3.8) is 0 Å². The number of hydrazine groups is 1. The second-order valence-electron chi connectivity index (χ2n) is 4.63. The van der Waals surface area contributed by atoms with Gasteiger partial charge in [0.15, 0.2) is 10.2 Å². The molecule has 12 heteroatoms. The van der Waals surface area contributed by atoms with Gasteiger partial charge in [0.1, 0.15) is 0 Å². The van der Waals surface area contributed by atoms with Crippen molar-refractivity contribution in [2.45, 2.75) is 0 Å². The molecule has 0 unspecified atom stereocenters. The number of hydrogen-bond acceptors (Lipinski definition) is 6. The van der Waals surface area contributed by atoms with Crippen LogP contribution < -0.4 is 21.5 Å². The Morgan fingerprint density at radius 1 is 1.12 bits per heavy atom. The molecule has 0 aliphatic heterocycles. The molecule has 0 radical (unpaired) electrons. The molecular weight excluding hydrogens is 437 g/mol. The Balaban J connectivity index is 1.62. The summed E-state index contributed by atoms with van der Waals surface area (Å²) in [6.45, 7) is 0. The van der Waals surface area contributed by atoms with Crippen LogP contribution in [0, 0.1) is 0 Å². The Bertz CT molecular complexity index is 789. The van der Waals surface area contributed by atoms with Crippen molar-refractivity contribution in [3.05, 3.63) is 39.8 Å². The van der Waals surface area contributed by atoms with E-state index < -0.39 is 0 Å². The number of nitrogens with zero attached hydrogens (tertiary/aromatic N) is 1. The zero-order valence-electron chi connectivity index (χ0n) is 13.0. The van der Waals surface area contributed by atoms with Crippen molar-refractivity contribution in [2.24, 2.45) is 0 Å². The normalized spacial score (nSPS) is 10.1. The number of rotatable bonds is 6. The molecule has 1 heterocycles. The molecule has 0 aliphatic rings. The molecule has 0 aliphatic carbocycles. The Labute approximate surface area is 173 Å². The van der Waals surface area contributed by atoms with Crippen LogP contribution in [-0.4, -0.2) is 33.4 Å². The van der Waals surface area contributed by atoms with Crippen LogP contribution in [0.1, 0.15) is 0 Å². The van der Waals surface area contributed by atoms with Gasteiger partial charge in [0.25, 0.3) is 0 Å². The van der Waals surface area contributed by atoms with Gasteiger partial charge in [-0.1, -0.05) is 23.2 Å². The molecule has 4 N–H and O–H groups in total. The van der Waals surface area contributed by atoms with Gasteiger partial charge in [0, 0.05) is 17.3 Å². The second kappa shape index (κ2) is 10.5. The summed E-state index contributed by atoms with van der Waals surface area (Å²) < 4.78 is 0. The van der Waals surface area contributed by atoms with Crippen LogP contribution in [0.25, 0.3) is 0 Å². The number of benzene rings is 1. The van der Waals surface area contributed by atoms with E-state index in [0.717, 1.165) is 0 Å². The number of hydrogen-bond donors (Lipinski definition) is 4. The Hall–Kier alpha value is -1.59. The van der Waals surface area contributed by atoms with Crippen molar-refractivity contribution in [1.29, 1.82) is 0 Å². The fraction of sp³-hybridized carbons (Fsp3) is 0.143. The number of thiocarbonyl (C=S) groups is 1. The van der Waals surface area contributed by atoms with Crippen LogP contribution >= 0.6 is 58.5 Å². The van der Waals surface area contributed by atoms with Crippen molar-refractivity contribution >= 4 is 86.3 Å². The highest BCUT2D eigenvalue weighted by Gasteiger charge is 2.08. The summed E-state index contributed by atoms with van der Waals surface area (Å²) in [6.07, 6.45) is 1.60. The predicted octanol–water partition coefficient (Wildman–Crippen LogP) is 3.14. The molecule has 138 valence electrons. The Morgan fingerprint density at radius 3 is 2.58 bits per heavy atom. The highest BCUT2D eigenvalue weighted by molar-refractivity contribution is 8.00. The minimum Gasteiger partial charge on any atom is -0.331 e. The van der Waals surface area contributed by atoms with E-state index in [9.17, 15) is 9.59 Å². The van der Waals surface area contributed by atoms with Crippen LogP contribution in [0.15, 0.2) is 29.8 Å². The standard InChI is InChI=1S/C14H13Cl2N5O2S3/c15-9-2-1-8(5-10(9)16)18-13(24)21-20-12(23)7-25-6-11(22)19-14-17-3-4-26-14/h1-5H,6-7H2,(H,20,23)(H,17,19,22)(H2,18,21,24). The second-order valence-corrected chi connectivity index (χ2v) is 7.74. The average Bonchev–Trinajstić information content (AvgIpc) is 3.09. The first-order valence-electron chi connectivity index (χ1n) is 7.02. The first-order valence-corrected chi connectivity index (χ1v) is 10.2. The van der Waals surface area contributed by atoms with Crippen molar-refractivity contribution in [2.75, 3.05) is 22.1 Å². The van der Waals surface area contributed by atoms with E-state index in [2.05, 4.69) is 26.5 Å². The number of carbonyl (C=O) groups is 2. The first kappa shape index (κ1) is 20.7. The van der Waals surface area contributed by atoms with Crippen molar-refractivity contribution < 1.29 is 9.59 Å². The summed E-state index contributed by atoms with van der Waals surface area (Å²) in [6, 6.07) is 4.93. The van der Waals surface area contributed by atoms with E-state index in [0.29, 0.717) is 20.9 Å². The van der Waals surface area contributed by atoms with Crippen LogP contribution in [0.3, 0.4) is 0 Å². The fourth-order valence-corrected chi connectivity index (χ4v) is 3.20. The number of anilines is 2. The number of thioether (sulfide) groups is 1. The summed E-state index contributed by atoms with van der Waals surface area (Å²) in [7, 11) is 0. The summed E-state index contributed by atoms with van der Waals surface area (Å²) in [5, 5.41) is 8.77. The molecular formula is C14H13Cl2N5O2S3. The third kappa shape index (κ3) is 7.34. The van der Waals surface area contributed by atoms with Crippen molar-refractivity contribution in [3.8, 4) is 0 Å². The number of thiazole rings is 1. The molecule has 0 atom stereocenters. The number of carbonyl (C=O) groups excluding carboxylic acids is 2. The highest BCUT2D eigenvalue weighted by atomic mass is 35.5. The Morgan fingerprint density at radius 2 is 1.88 bits per heavy atom. The third-order valence-electron chi connectivity index (χ3n) is 2.64. The zero-order chi connectivity index (χ0) is 18.9. The van der Waals surface area contributed by atoms with E-state index in [1.807, 2.05) is 0 Å². The third-order valence-corrected chi connectivity index (χ3v) is 5.20. The highest BCUT2D eigenvalue weighted by Crippen LogP contribution is 2.24. The molecule has 2 aromatic rings. The fourth-order valence-electron chi connectivity index (χ4n) is 1.58. The molecule has 26 heavy (non-hydrogen) atoms. The summed E-state index contributed by atoms with van der Waals surface area (Å²) in [5.74, 6) is -0.315. The van der Waals surface area contributed by atoms with E-state index in [1.54, 1.807) is 29.8 Å². The molecule has 0 saturated heterocycles. The predicted molar refractivity (Wildman–Crippen MR) is 112 cm³/mol. The number of nitrogens with one attached hydrogen (secondary N) is 4. The van der Waals surface area contributed by atoms with Gasteiger partial charge in [-0.15, -0.1) is 23.1 Å². The smallest absolute Gasteiger partial charge is 0.248 e. The molecule has 2 amide bonds. The maximum absolute atomic E-state index is 11.7. The van der Waals surface area contributed by atoms with Gasteiger partial charge in [-0.2, -0.15) is 0 Å². The largest absolute Gasteiger partial charge is 0.331 e. The summed E-state index contributed by atoms with van der Waals surface area (Å²) in [4.78, 5) is 27.3. The lowest BCUT2D eigenvalue weighted by molar-refractivity contribution is -0.119. The van der Waals surface area contributed by atoms with Crippen LogP contribution in [0.5, 0.6) is 0 Å². The summed E-state index contributed by atoms with van der Waals surface area (Å²) in [5.41, 5.74) is 5.62. The van der Waals surface area contributed by atoms with Crippen LogP contribution in [0.4, 0.5) is 10.8 Å². The van der Waals surface area contributed by atoms with Gasteiger partial charge in [-0.05, 0) is 30.4 Å². The average molecular weight is 450 g/mol. The molecule has 0 fully saturated rings. The lowest BCUT2D eigenvalue weighted by Gasteiger charge is -2.12. The van der Waals surface area contributed by atoms with E-state index in [-0.39, 0.29) is 28.4 Å². The monoisotopic (exact) mass is 449 g/mol. The number of amides is 2. The number of aromatic nitrogens is 1. The topological polar surface area (TPSA) is 95.2 Å². The van der Waals surface area contributed by atoms with E-state index in [4.69, 9.17) is 35.4 Å². The van der Waals surface area contributed by atoms with Gasteiger partial charge in [0.2, 0.25) is 11.8 Å². The van der Waals surface area contributed by atoms with Gasteiger partial charge >= 0.3 is 0 Å². The SMILES string of the molecule is O=C(CSCC(=O)Nc1nccs1)NNC(=S)Nc1ccc(Cl)c(Cl)c1. The Kier molecular flexibility index (Phi) is 8.39. The molecule has 7 nitrogen and oxygen atoms in total. The lowest BCUT2D eigenvalue weighted by atomic mass is 10.3. The molecule has 0 spiro atoms. The molecule has 1 aromatic heterocycles. The van der Waals surface area contributed by atoms with Gasteiger partial charge in [0.05, 0.1) is 21.6 Å². The first-order chi connectivity index (χ1) is 12.4. The lowest BCUT2D eigenvalue weighted by Crippen LogP contribution is -2.44. The molecule has 2 rings (SSSR count). The van der Waals surface area contributed by atoms with Gasteiger partial charge in [-0.25, -0.2) is 4.98 Å². The molecule has 1 aromatic carbocycles. The number of halogens is 2. The zero-order valence-corrected chi connectivity index (χ0v) is 17.0. The maximum Gasteiger partial charge on any atom is 0.248 e. The van der Waals surface area contributed by atoms with Crippen molar-refractivity contribution in [1.82, 2.24) is 15.8 Å². The minimum absolute atomic E-state index is 0.0909. The van der Waals surface area contributed by atoms with E-state index in [1.165, 1.54) is 23.1 Å². The molecule has 0 bridgehead atoms. The van der Waals surface area contributed by atoms with Crippen LogP contribution in [-0.2, 0) is 9.59 Å². The van der Waals surface area contributed by atoms with Gasteiger partial charge in [-0.3, -0.25) is 20.4 Å².